The Bertz CT molecular complexity index is 559. The van der Waals surface area contributed by atoms with Gasteiger partial charge in [-0.05, 0) is 38.8 Å². The number of benzene rings is 1. The van der Waals surface area contributed by atoms with Crippen LogP contribution in [0.1, 0.15) is 32.7 Å². The minimum absolute atomic E-state index is 0.643. The first-order valence-electron chi connectivity index (χ1n) is 5.62. The van der Waals surface area contributed by atoms with Gasteiger partial charge in [-0.2, -0.15) is 5.10 Å². The largest absolute Gasteiger partial charge is 0.298 e. The number of rotatable bonds is 2. The summed E-state index contributed by atoms with van der Waals surface area (Å²) in [6.45, 7) is 8.05. The van der Waals surface area contributed by atoms with Crippen LogP contribution in [-0.2, 0) is 0 Å². The summed E-state index contributed by atoms with van der Waals surface area (Å²) in [7, 11) is 0. The third-order valence-corrected chi connectivity index (χ3v) is 2.93. The number of nitrogens with zero attached hydrogens (tertiary/aromatic N) is 2. The van der Waals surface area contributed by atoms with E-state index >= 15 is 0 Å². The lowest BCUT2D eigenvalue weighted by Crippen LogP contribution is -2.01. The summed E-state index contributed by atoms with van der Waals surface area (Å²) in [5.41, 5.74) is 6.05. The van der Waals surface area contributed by atoms with Gasteiger partial charge in [-0.1, -0.05) is 17.7 Å². The molecule has 0 fully saturated rings. The van der Waals surface area contributed by atoms with Gasteiger partial charge in [-0.25, -0.2) is 4.68 Å². The van der Waals surface area contributed by atoms with Crippen LogP contribution in [0.3, 0.4) is 0 Å². The van der Waals surface area contributed by atoms with Crippen LogP contribution in [-0.4, -0.2) is 16.1 Å². The molecule has 2 rings (SSSR count). The van der Waals surface area contributed by atoms with E-state index in [-0.39, 0.29) is 0 Å². The maximum Gasteiger partial charge on any atom is 0.153 e. The molecule has 0 amide bonds. The summed E-state index contributed by atoms with van der Waals surface area (Å²) in [4.78, 5) is 10.8. The Balaban J connectivity index is 2.64. The fourth-order valence-electron chi connectivity index (χ4n) is 2.24. The molecule has 3 heteroatoms. The Hall–Kier alpha value is -1.90. The third-order valence-electron chi connectivity index (χ3n) is 2.93. The number of aryl methyl sites for hydroxylation is 4. The molecule has 3 nitrogen and oxygen atoms in total. The van der Waals surface area contributed by atoms with Gasteiger partial charge in [0.05, 0.1) is 16.9 Å². The van der Waals surface area contributed by atoms with Crippen LogP contribution in [0.4, 0.5) is 0 Å². The Morgan fingerprint density at radius 2 is 1.71 bits per heavy atom. The number of carbonyl (C=O) groups is 1. The van der Waals surface area contributed by atoms with Crippen molar-refractivity contribution in [3.05, 3.63) is 46.3 Å². The predicted molar refractivity (Wildman–Crippen MR) is 67.9 cm³/mol. The van der Waals surface area contributed by atoms with Crippen molar-refractivity contribution in [3.8, 4) is 5.69 Å². The SMILES string of the molecule is Cc1cc(C)c(-n2cc(C=O)c(C)n2)c(C)c1. The number of aromatic nitrogens is 2. The molecule has 17 heavy (non-hydrogen) atoms. The third kappa shape index (κ3) is 2.00. The highest BCUT2D eigenvalue weighted by Gasteiger charge is 2.10. The van der Waals surface area contributed by atoms with Gasteiger partial charge in [0, 0.05) is 6.20 Å². The molecule has 0 aliphatic carbocycles. The second kappa shape index (κ2) is 4.17. The molecule has 0 saturated carbocycles. The van der Waals surface area contributed by atoms with Crippen molar-refractivity contribution in [2.75, 3.05) is 0 Å². The molecular formula is C14H16N2O. The normalized spacial score (nSPS) is 10.6. The van der Waals surface area contributed by atoms with Crippen LogP contribution in [0.2, 0.25) is 0 Å². The van der Waals surface area contributed by atoms with Crippen LogP contribution >= 0.6 is 0 Å². The summed E-state index contributed by atoms with van der Waals surface area (Å²) in [5, 5.41) is 4.39. The van der Waals surface area contributed by atoms with Crippen molar-refractivity contribution in [1.29, 1.82) is 0 Å². The average molecular weight is 228 g/mol. The Morgan fingerprint density at radius 3 is 2.18 bits per heavy atom. The van der Waals surface area contributed by atoms with Crippen molar-refractivity contribution in [2.24, 2.45) is 0 Å². The zero-order valence-electron chi connectivity index (χ0n) is 10.6. The van der Waals surface area contributed by atoms with Gasteiger partial charge in [0.1, 0.15) is 0 Å². The average Bonchev–Trinajstić information content (AvgIpc) is 2.57. The summed E-state index contributed by atoms with van der Waals surface area (Å²) in [6, 6.07) is 4.25. The minimum atomic E-state index is 0.643. The molecule has 1 heterocycles. The molecule has 88 valence electrons. The first kappa shape index (κ1) is 11.6. The Kier molecular flexibility index (Phi) is 2.84. The molecular weight excluding hydrogens is 212 g/mol. The highest BCUT2D eigenvalue weighted by Crippen LogP contribution is 2.21. The maximum absolute atomic E-state index is 10.8. The molecule has 2 aromatic rings. The molecule has 0 spiro atoms. The quantitative estimate of drug-likeness (QED) is 0.741. The van der Waals surface area contributed by atoms with Crippen molar-refractivity contribution in [2.45, 2.75) is 27.7 Å². The van der Waals surface area contributed by atoms with E-state index in [0.717, 1.165) is 17.7 Å². The Morgan fingerprint density at radius 1 is 1.12 bits per heavy atom. The van der Waals surface area contributed by atoms with Crippen LogP contribution in [0, 0.1) is 27.7 Å². The number of carbonyl (C=O) groups excluding carboxylic acids is 1. The number of hydrogen-bond acceptors (Lipinski definition) is 2. The lowest BCUT2D eigenvalue weighted by molar-refractivity contribution is 0.112. The standard InChI is InChI=1S/C14H16N2O/c1-9-5-10(2)14(11(3)6-9)16-7-13(8-17)12(4)15-16/h5-8H,1-4H3. The molecule has 0 aliphatic heterocycles. The maximum atomic E-state index is 10.8. The predicted octanol–water partition coefficient (Wildman–Crippen LogP) is 2.92. The van der Waals surface area contributed by atoms with Crippen LogP contribution < -0.4 is 0 Å². The van der Waals surface area contributed by atoms with Crippen molar-refractivity contribution >= 4 is 6.29 Å². The van der Waals surface area contributed by atoms with Gasteiger partial charge in [0.25, 0.3) is 0 Å². The second-order valence-electron chi connectivity index (χ2n) is 4.48. The highest BCUT2D eigenvalue weighted by atomic mass is 16.1. The summed E-state index contributed by atoms with van der Waals surface area (Å²) in [6.07, 6.45) is 2.63. The van der Waals surface area contributed by atoms with E-state index in [1.165, 1.54) is 16.7 Å². The van der Waals surface area contributed by atoms with E-state index in [2.05, 4.69) is 38.0 Å². The monoisotopic (exact) mass is 228 g/mol. The fourth-order valence-corrected chi connectivity index (χ4v) is 2.24. The first-order chi connectivity index (χ1) is 8.02. The van der Waals surface area contributed by atoms with Crippen molar-refractivity contribution in [1.82, 2.24) is 9.78 Å². The minimum Gasteiger partial charge on any atom is -0.298 e. The van der Waals surface area contributed by atoms with Gasteiger partial charge >= 0.3 is 0 Å². The van der Waals surface area contributed by atoms with E-state index in [0.29, 0.717) is 5.56 Å². The number of hydrogen-bond donors (Lipinski definition) is 0. The lowest BCUT2D eigenvalue weighted by atomic mass is 10.1. The fraction of sp³-hybridized carbons (Fsp3) is 0.286. The molecule has 0 aliphatic rings. The topological polar surface area (TPSA) is 34.9 Å². The zero-order chi connectivity index (χ0) is 12.6. The van der Waals surface area contributed by atoms with Crippen molar-refractivity contribution < 1.29 is 4.79 Å². The summed E-state index contributed by atoms with van der Waals surface area (Å²) in [5.74, 6) is 0. The zero-order valence-corrected chi connectivity index (χ0v) is 10.6. The van der Waals surface area contributed by atoms with Gasteiger partial charge in [-0.15, -0.1) is 0 Å². The lowest BCUT2D eigenvalue weighted by Gasteiger charge is -2.10. The summed E-state index contributed by atoms with van der Waals surface area (Å²) < 4.78 is 1.79. The Labute approximate surface area is 101 Å². The molecule has 1 aromatic heterocycles. The van der Waals surface area contributed by atoms with Gasteiger partial charge < -0.3 is 0 Å². The number of aldehydes is 1. The molecule has 0 radical (unpaired) electrons. The summed E-state index contributed by atoms with van der Waals surface area (Å²) >= 11 is 0. The van der Waals surface area contributed by atoms with E-state index in [1.54, 1.807) is 10.9 Å². The van der Waals surface area contributed by atoms with E-state index in [9.17, 15) is 4.79 Å². The van der Waals surface area contributed by atoms with Crippen molar-refractivity contribution in [3.63, 3.8) is 0 Å². The van der Waals surface area contributed by atoms with Crippen LogP contribution in [0.5, 0.6) is 0 Å². The highest BCUT2D eigenvalue weighted by molar-refractivity contribution is 5.76. The van der Waals surface area contributed by atoms with Gasteiger partial charge in [0.2, 0.25) is 0 Å². The van der Waals surface area contributed by atoms with Gasteiger partial charge in [0.15, 0.2) is 6.29 Å². The molecule has 0 N–H and O–H groups in total. The molecule has 0 unspecified atom stereocenters. The smallest absolute Gasteiger partial charge is 0.153 e. The first-order valence-corrected chi connectivity index (χ1v) is 5.62. The van der Waals surface area contributed by atoms with E-state index in [1.807, 2.05) is 6.92 Å². The van der Waals surface area contributed by atoms with E-state index in [4.69, 9.17) is 0 Å². The second-order valence-corrected chi connectivity index (χ2v) is 4.48. The molecule has 1 aromatic carbocycles. The molecule has 0 bridgehead atoms. The molecule has 0 saturated heterocycles. The van der Waals surface area contributed by atoms with Crippen LogP contribution in [0.15, 0.2) is 18.3 Å². The van der Waals surface area contributed by atoms with Crippen LogP contribution in [0.25, 0.3) is 5.69 Å². The van der Waals surface area contributed by atoms with Gasteiger partial charge in [-0.3, -0.25) is 4.79 Å². The van der Waals surface area contributed by atoms with E-state index < -0.39 is 0 Å². The molecule has 0 atom stereocenters.